The Hall–Kier alpha value is -4.65. The van der Waals surface area contributed by atoms with Gasteiger partial charge in [-0.15, -0.1) is 0 Å². The topological polar surface area (TPSA) is 212 Å². The predicted octanol–water partition coefficient (Wildman–Crippen LogP) is 1.92. The SMILES string of the molecule is CCn1c2ccccc2c2cc(NC(=O)[C@H](CCCN=C(N)N)NC(=O)CNC(=O)[C@H](CC(C)C)NC(=O)[C@@H](N)C(C)C)ccc21. The smallest absolute Gasteiger partial charge is 0.246 e. The number of fused-ring (bicyclic) bond motifs is 3. The maximum absolute atomic E-state index is 13.5. The molecule has 0 aliphatic heterocycles. The first-order valence-electron chi connectivity index (χ1n) is 15.8. The number of aliphatic imine (C=N–C) groups is 1. The number of hydrogen-bond donors (Lipinski definition) is 7. The summed E-state index contributed by atoms with van der Waals surface area (Å²) >= 11 is 0. The van der Waals surface area contributed by atoms with Crippen LogP contribution in [0.2, 0.25) is 0 Å². The molecule has 2 aromatic carbocycles. The minimum Gasteiger partial charge on any atom is -0.370 e. The quantitative estimate of drug-likeness (QED) is 0.0705. The number of rotatable bonds is 16. The van der Waals surface area contributed by atoms with Crippen molar-refractivity contribution in [2.75, 3.05) is 18.4 Å². The molecule has 0 bridgehead atoms. The monoisotopic (exact) mass is 635 g/mol. The molecule has 1 aromatic heterocycles. The summed E-state index contributed by atoms with van der Waals surface area (Å²) in [7, 11) is 0. The average Bonchev–Trinajstić information content (AvgIpc) is 3.32. The van der Waals surface area contributed by atoms with E-state index in [1.165, 1.54) is 0 Å². The summed E-state index contributed by atoms with van der Waals surface area (Å²) in [5, 5.41) is 13.0. The van der Waals surface area contributed by atoms with Crippen molar-refractivity contribution in [3.8, 4) is 0 Å². The second kappa shape index (κ2) is 16.6. The lowest BCUT2D eigenvalue weighted by molar-refractivity contribution is -0.132. The van der Waals surface area contributed by atoms with Crippen molar-refractivity contribution in [3.05, 3.63) is 42.5 Å². The highest BCUT2D eigenvalue weighted by molar-refractivity contribution is 6.10. The van der Waals surface area contributed by atoms with E-state index in [0.717, 1.165) is 28.4 Å². The molecule has 4 amide bonds. The van der Waals surface area contributed by atoms with E-state index in [9.17, 15) is 19.2 Å². The van der Waals surface area contributed by atoms with Crippen LogP contribution in [0, 0.1) is 11.8 Å². The van der Waals surface area contributed by atoms with Gasteiger partial charge in [0, 0.05) is 40.6 Å². The van der Waals surface area contributed by atoms with E-state index in [2.05, 4.69) is 43.8 Å². The summed E-state index contributed by atoms with van der Waals surface area (Å²) in [6, 6.07) is 11.3. The third-order valence-electron chi connectivity index (χ3n) is 7.74. The number of aryl methyl sites for hydroxylation is 1. The minimum atomic E-state index is -0.929. The summed E-state index contributed by atoms with van der Waals surface area (Å²) < 4.78 is 2.22. The zero-order valence-corrected chi connectivity index (χ0v) is 27.4. The number of nitrogens with zero attached hydrogens (tertiary/aromatic N) is 2. The number of carbonyl (C=O) groups is 4. The fourth-order valence-corrected chi connectivity index (χ4v) is 5.28. The molecule has 3 atom stereocenters. The van der Waals surface area contributed by atoms with E-state index in [0.29, 0.717) is 18.5 Å². The molecular weight excluding hydrogens is 586 g/mol. The minimum absolute atomic E-state index is 0.0651. The van der Waals surface area contributed by atoms with Crippen LogP contribution in [0.3, 0.4) is 0 Å². The lowest BCUT2D eigenvalue weighted by Crippen LogP contribution is -2.54. The Bertz CT molecular complexity index is 1560. The van der Waals surface area contributed by atoms with Crippen LogP contribution in [-0.4, -0.2) is 65.4 Å². The third-order valence-corrected chi connectivity index (χ3v) is 7.74. The number of aromatic nitrogens is 1. The van der Waals surface area contributed by atoms with Crippen molar-refractivity contribution in [2.24, 2.45) is 34.0 Å². The van der Waals surface area contributed by atoms with Crippen LogP contribution < -0.4 is 38.5 Å². The van der Waals surface area contributed by atoms with Gasteiger partial charge in [0.25, 0.3) is 0 Å². The number of anilines is 1. The molecule has 13 nitrogen and oxygen atoms in total. The number of guanidine groups is 1. The first kappa shape index (κ1) is 35.8. The Morgan fingerprint density at radius 2 is 1.57 bits per heavy atom. The number of nitrogens with one attached hydrogen (secondary N) is 4. The molecule has 0 radical (unpaired) electrons. The van der Waals surface area contributed by atoms with E-state index < -0.39 is 41.8 Å². The van der Waals surface area contributed by atoms with Gasteiger partial charge in [-0.25, -0.2) is 0 Å². The van der Waals surface area contributed by atoms with Crippen molar-refractivity contribution in [1.82, 2.24) is 20.5 Å². The zero-order valence-electron chi connectivity index (χ0n) is 27.4. The second-order valence-corrected chi connectivity index (χ2v) is 12.2. The number of carbonyl (C=O) groups excluding carboxylic acids is 4. The Labute approximate surface area is 270 Å². The van der Waals surface area contributed by atoms with E-state index in [4.69, 9.17) is 17.2 Å². The summed E-state index contributed by atoms with van der Waals surface area (Å²) in [5.41, 5.74) is 19.6. The van der Waals surface area contributed by atoms with E-state index in [1.807, 2.05) is 64.1 Å². The van der Waals surface area contributed by atoms with Crippen molar-refractivity contribution in [3.63, 3.8) is 0 Å². The summed E-state index contributed by atoms with van der Waals surface area (Å²) in [4.78, 5) is 56.0. The van der Waals surface area contributed by atoms with E-state index >= 15 is 0 Å². The van der Waals surface area contributed by atoms with Crippen LogP contribution in [0.15, 0.2) is 47.5 Å². The van der Waals surface area contributed by atoms with Gasteiger partial charge in [0.1, 0.15) is 12.1 Å². The van der Waals surface area contributed by atoms with E-state index in [1.54, 1.807) is 0 Å². The second-order valence-electron chi connectivity index (χ2n) is 12.2. The van der Waals surface area contributed by atoms with Gasteiger partial charge >= 0.3 is 0 Å². The number of amides is 4. The average molecular weight is 636 g/mol. The van der Waals surface area contributed by atoms with Crippen LogP contribution in [-0.2, 0) is 25.7 Å². The van der Waals surface area contributed by atoms with E-state index in [-0.39, 0.29) is 37.3 Å². The van der Waals surface area contributed by atoms with Crippen molar-refractivity contribution >= 4 is 57.1 Å². The van der Waals surface area contributed by atoms with Crippen LogP contribution in [0.5, 0.6) is 0 Å². The van der Waals surface area contributed by atoms with Crippen LogP contribution in [0.4, 0.5) is 5.69 Å². The molecular formula is C33H49N9O4. The number of benzene rings is 2. The largest absolute Gasteiger partial charge is 0.370 e. The standard InChI is InChI=1S/C33H49N9O4/c1-6-42-26-12-8-7-10-22(26)23-17-21(13-14-27(23)42)39-31(45)24(11-9-15-37-33(35)36)40-28(43)18-38-30(44)25(16-19(2)3)41-32(46)29(34)20(4)5/h7-8,10,12-14,17,19-20,24-25,29H,6,9,11,15-16,18,34H2,1-5H3,(H,38,44)(H,39,45)(H,40,43)(H,41,46)(H4,35,36,37)/t24-,25-,29-/m0/s1. The molecule has 0 saturated heterocycles. The maximum Gasteiger partial charge on any atom is 0.246 e. The summed E-state index contributed by atoms with van der Waals surface area (Å²) in [6.07, 6.45) is 1.03. The molecule has 1 heterocycles. The first-order chi connectivity index (χ1) is 21.8. The molecule has 250 valence electrons. The number of hydrogen-bond acceptors (Lipinski definition) is 6. The maximum atomic E-state index is 13.5. The number of para-hydroxylation sites is 1. The molecule has 3 rings (SSSR count). The molecule has 0 unspecified atom stereocenters. The van der Waals surface area contributed by atoms with Gasteiger partial charge in [0.2, 0.25) is 23.6 Å². The summed E-state index contributed by atoms with van der Waals surface area (Å²) in [6.45, 7) is 10.3. The Morgan fingerprint density at radius 1 is 0.870 bits per heavy atom. The van der Waals surface area contributed by atoms with Crippen LogP contribution >= 0.6 is 0 Å². The van der Waals surface area contributed by atoms with Gasteiger partial charge in [-0.2, -0.15) is 0 Å². The summed E-state index contributed by atoms with van der Waals surface area (Å²) in [5.74, 6) is -2.01. The van der Waals surface area contributed by atoms with Gasteiger partial charge in [0.15, 0.2) is 5.96 Å². The van der Waals surface area contributed by atoms with Crippen molar-refractivity contribution in [1.29, 1.82) is 0 Å². The highest BCUT2D eigenvalue weighted by Crippen LogP contribution is 2.31. The lowest BCUT2D eigenvalue weighted by Gasteiger charge is -2.23. The molecule has 0 aliphatic carbocycles. The molecule has 46 heavy (non-hydrogen) atoms. The normalized spacial score (nSPS) is 13.3. The van der Waals surface area contributed by atoms with Crippen LogP contribution in [0.1, 0.15) is 53.9 Å². The molecule has 0 saturated carbocycles. The van der Waals surface area contributed by atoms with Crippen molar-refractivity contribution < 1.29 is 19.2 Å². The Balaban J connectivity index is 1.71. The van der Waals surface area contributed by atoms with Crippen LogP contribution in [0.25, 0.3) is 21.8 Å². The fourth-order valence-electron chi connectivity index (χ4n) is 5.28. The van der Waals surface area contributed by atoms with Gasteiger partial charge < -0.3 is 43.0 Å². The van der Waals surface area contributed by atoms with Crippen molar-refractivity contribution in [2.45, 2.75) is 78.6 Å². The first-order valence-corrected chi connectivity index (χ1v) is 15.8. The lowest BCUT2D eigenvalue weighted by atomic mass is 10.0. The predicted molar refractivity (Wildman–Crippen MR) is 183 cm³/mol. The molecule has 0 aliphatic rings. The molecule has 0 fully saturated rings. The molecule has 0 spiro atoms. The fraction of sp³-hybridized carbons (Fsp3) is 0.485. The Morgan fingerprint density at radius 3 is 2.22 bits per heavy atom. The third kappa shape index (κ3) is 9.67. The molecule has 10 N–H and O–H groups in total. The highest BCUT2D eigenvalue weighted by atomic mass is 16.2. The zero-order chi connectivity index (χ0) is 34.0. The van der Waals surface area contributed by atoms with Gasteiger partial charge in [0.05, 0.1) is 12.6 Å². The molecule has 3 aromatic rings. The number of nitrogens with two attached hydrogens (primary N) is 3. The Kier molecular flexibility index (Phi) is 12.9. The molecule has 13 heteroatoms. The van der Waals surface area contributed by atoms with Gasteiger partial charge in [-0.05, 0) is 62.3 Å². The van der Waals surface area contributed by atoms with Gasteiger partial charge in [-0.1, -0.05) is 45.9 Å². The highest BCUT2D eigenvalue weighted by Gasteiger charge is 2.27. The van der Waals surface area contributed by atoms with Gasteiger partial charge in [-0.3, -0.25) is 24.2 Å².